The largest absolute Gasteiger partial charge is 0.371 e. The number of aromatic nitrogens is 1. The highest BCUT2D eigenvalue weighted by atomic mass is 15.1. The molecule has 2 heterocycles. The monoisotopic (exact) mass is 205 g/mol. The second kappa shape index (κ2) is 4.19. The van der Waals surface area contributed by atoms with Gasteiger partial charge in [-0.1, -0.05) is 6.92 Å². The van der Waals surface area contributed by atoms with Gasteiger partial charge in [0.25, 0.3) is 0 Å². The van der Waals surface area contributed by atoms with Crippen LogP contribution >= 0.6 is 0 Å². The minimum Gasteiger partial charge on any atom is -0.371 e. The van der Waals surface area contributed by atoms with Crippen molar-refractivity contribution >= 4 is 5.69 Å². The topological polar surface area (TPSA) is 42.1 Å². The molecule has 0 saturated carbocycles. The summed E-state index contributed by atoms with van der Waals surface area (Å²) >= 11 is 0. The van der Waals surface area contributed by atoms with Gasteiger partial charge in [0.1, 0.15) is 0 Å². The van der Waals surface area contributed by atoms with E-state index >= 15 is 0 Å². The standard InChI is InChI=1S/C12H19N3/c1-9-8-15(6-4-12(9)13)11-3-5-14-10(2)7-11/h3,5,7,9,12H,4,6,8,13H2,1-2H3. The third-order valence-electron chi connectivity index (χ3n) is 3.22. The Balaban J connectivity index is 2.12. The number of pyridine rings is 1. The van der Waals surface area contributed by atoms with Gasteiger partial charge >= 0.3 is 0 Å². The lowest BCUT2D eigenvalue weighted by Gasteiger charge is -2.36. The molecule has 1 aromatic heterocycles. The van der Waals surface area contributed by atoms with E-state index in [-0.39, 0.29) is 0 Å². The number of nitrogens with zero attached hydrogens (tertiary/aromatic N) is 2. The van der Waals surface area contributed by atoms with Gasteiger partial charge in [-0.15, -0.1) is 0 Å². The third kappa shape index (κ3) is 2.29. The quantitative estimate of drug-likeness (QED) is 0.756. The van der Waals surface area contributed by atoms with Crippen molar-refractivity contribution in [1.29, 1.82) is 0 Å². The predicted octanol–water partition coefficient (Wildman–Crippen LogP) is 1.56. The molecule has 0 aliphatic carbocycles. The summed E-state index contributed by atoms with van der Waals surface area (Å²) in [7, 11) is 0. The van der Waals surface area contributed by atoms with Crippen molar-refractivity contribution in [2.24, 2.45) is 11.7 Å². The molecule has 1 aliphatic rings. The molecule has 1 fully saturated rings. The molecule has 1 aromatic rings. The number of hydrogen-bond donors (Lipinski definition) is 1. The Bertz CT molecular complexity index is 337. The normalized spacial score (nSPS) is 26.7. The minimum absolute atomic E-state index is 0.365. The average molecular weight is 205 g/mol. The Kier molecular flexibility index (Phi) is 2.91. The van der Waals surface area contributed by atoms with Crippen LogP contribution in [0.25, 0.3) is 0 Å². The lowest BCUT2D eigenvalue weighted by atomic mass is 9.94. The number of aryl methyl sites for hydroxylation is 1. The van der Waals surface area contributed by atoms with Gasteiger partial charge in [0.15, 0.2) is 0 Å². The van der Waals surface area contributed by atoms with Gasteiger partial charge in [-0.05, 0) is 31.4 Å². The molecule has 0 aromatic carbocycles. The number of anilines is 1. The summed E-state index contributed by atoms with van der Waals surface area (Å²) in [5.74, 6) is 0.576. The average Bonchev–Trinajstić information content (AvgIpc) is 2.22. The molecule has 1 saturated heterocycles. The molecule has 2 unspecified atom stereocenters. The zero-order chi connectivity index (χ0) is 10.8. The Hall–Kier alpha value is -1.09. The van der Waals surface area contributed by atoms with Crippen LogP contribution < -0.4 is 10.6 Å². The van der Waals surface area contributed by atoms with Crippen LogP contribution in [0.15, 0.2) is 18.3 Å². The van der Waals surface area contributed by atoms with Crippen LogP contribution in [0.2, 0.25) is 0 Å². The van der Waals surface area contributed by atoms with Crippen molar-refractivity contribution in [2.45, 2.75) is 26.3 Å². The molecular weight excluding hydrogens is 186 g/mol. The second-order valence-electron chi connectivity index (χ2n) is 4.53. The van der Waals surface area contributed by atoms with Gasteiger partial charge in [0, 0.05) is 36.7 Å². The first-order chi connectivity index (χ1) is 7.16. The molecule has 2 rings (SSSR count). The molecule has 0 bridgehead atoms. The molecule has 82 valence electrons. The zero-order valence-electron chi connectivity index (χ0n) is 9.48. The summed E-state index contributed by atoms with van der Waals surface area (Å²) in [6.07, 6.45) is 2.96. The van der Waals surface area contributed by atoms with E-state index in [2.05, 4.69) is 28.9 Å². The second-order valence-corrected chi connectivity index (χ2v) is 4.53. The molecule has 2 N–H and O–H groups in total. The number of piperidine rings is 1. The van der Waals surface area contributed by atoms with E-state index < -0.39 is 0 Å². The molecule has 0 spiro atoms. The Morgan fingerprint density at radius 2 is 2.33 bits per heavy atom. The van der Waals surface area contributed by atoms with Gasteiger partial charge in [0.2, 0.25) is 0 Å². The highest BCUT2D eigenvalue weighted by Crippen LogP contribution is 2.22. The Morgan fingerprint density at radius 3 is 3.00 bits per heavy atom. The van der Waals surface area contributed by atoms with Crippen LogP contribution in [0.1, 0.15) is 19.0 Å². The fourth-order valence-corrected chi connectivity index (χ4v) is 2.13. The SMILES string of the molecule is Cc1cc(N2CCC(N)C(C)C2)ccn1. The number of nitrogens with two attached hydrogens (primary N) is 1. The highest BCUT2D eigenvalue weighted by Gasteiger charge is 2.23. The molecule has 15 heavy (non-hydrogen) atoms. The minimum atomic E-state index is 0.365. The molecule has 2 atom stereocenters. The first-order valence-corrected chi connectivity index (χ1v) is 5.60. The van der Waals surface area contributed by atoms with Crippen molar-refractivity contribution in [3.05, 3.63) is 24.0 Å². The Labute approximate surface area is 91.3 Å². The Morgan fingerprint density at radius 1 is 1.53 bits per heavy atom. The van der Waals surface area contributed by atoms with Crippen LogP contribution in [0.3, 0.4) is 0 Å². The van der Waals surface area contributed by atoms with Crippen molar-refractivity contribution < 1.29 is 0 Å². The first kappa shape index (κ1) is 10.4. The maximum absolute atomic E-state index is 6.01. The highest BCUT2D eigenvalue weighted by molar-refractivity contribution is 5.46. The molecule has 3 heteroatoms. The summed E-state index contributed by atoms with van der Waals surface area (Å²) in [5, 5.41) is 0. The fraction of sp³-hybridized carbons (Fsp3) is 0.583. The fourth-order valence-electron chi connectivity index (χ4n) is 2.13. The number of rotatable bonds is 1. The van der Waals surface area contributed by atoms with E-state index in [9.17, 15) is 0 Å². The van der Waals surface area contributed by atoms with Gasteiger partial charge < -0.3 is 10.6 Å². The van der Waals surface area contributed by atoms with Crippen LogP contribution in [-0.2, 0) is 0 Å². The molecule has 0 radical (unpaired) electrons. The van der Waals surface area contributed by atoms with Gasteiger partial charge in [0.05, 0.1) is 0 Å². The summed E-state index contributed by atoms with van der Waals surface area (Å²) < 4.78 is 0. The van der Waals surface area contributed by atoms with Crippen molar-refractivity contribution in [1.82, 2.24) is 4.98 Å². The maximum atomic E-state index is 6.01. The third-order valence-corrected chi connectivity index (χ3v) is 3.22. The zero-order valence-corrected chi connectivity index (χ0v) is 9.48. The lowest BCUT2D eigenvalue weighted by Crippen LogP contribution is -2.46. The lowest BCUT2D eigenvalue weighted by molar-refractivity contribution is 0.383. The maximum Gasteiger partial charge on any atom is 0.0399 e. The molecule has 0 amide bonds. The van der Waals surface area contributed by atoms with Crippen LogP contribution in [0.4, 0.5) is 5.69 Å². The smallest absolute Gasteiger partial charge is 0.0399 e. The molecular formula is C12H19N3. The summed E-state index contributed by atoms with van der Waals surface area (Å²) in [6, 6.07) is 4.59. The summed E-state index contributed by atoms with van der Waals surface area (Å²) in [4.78, 5) is 6.62. The molecule has 3 nitrogen and oxygen atoms in total. The predicted molar refractivity (Wildman–Crippen MR) is 62.9 cm³/mol. The van der Waals surface area contributed by atoms with E-state index in [0.29, 0.717) is 12.0 Å². The first-order valence-electron chi connectivity index (χ1n) is 5.60. The van der Waals surface area contributed by atoms with E-state index in [1.165, 1.54) is 5.69 Å². The number of hydrogen-bond acceptors (Lipinski definition) is 3. The van der Waals surface area contributed by atoms with E-state index in [1.807, 2.05) is 13.1 Å². The van der Waals surface area contributed by atoms with Gasteiger partial charge in [-0.2, -0.15) is 0 Å². The van der Waals surface area contributed by atoms with Crippen LogP contribution in [0, 0.1) is 12.8 Å². The van der Waals surface area contributed by atoms with Crippen molar-refractivity contribution in [2.75, 3.05) is 18.0 Å². The van der Waals surface area contributed by atoms with Crippen LogP contribution in [0.5, 0.6) is 0 Å². The van der Waals surface area contributed by atoms with E-state index in [4.69, 9.17) is 5.73 Å². The molecule has 1 aliphatic heterocycles. The van der Waals surface area contributed by atoms with Crippen molar-refractivity contribution in [3.63, 3.8) is 0 Å². The van der Waals surface area contributed by atoms with Crippen molar-refractivity contribution in [3.8, 4) is 0 Å². The van der Waals surface area contributed by atoms with E-state index in [0.717, 1.165) is 25.2 Å². The van der Waals surface area contributed by atoms with E-state index in [1.54, 1.807) is 0 Å². The summed E-state index contributed by atoms with van der Waals surface area (Å²) in [6.45, 7) is 6.38. The summed E-state index contributed by atoms with van der Waals surface area (Å²) in [5.41, 5.74) is 8.37. The van der Waals surface area contributed by atoms with Gasteiger partial charge in [-0.25, -0.2) is 0 Å². The van der Waals surface area contributed by atoms with Gasteiger partial charge in [-0.3, -0.25) is 4.98 Å². The van der Waals surface area contributed by atoms with Crippen LogP contribution in [-0.4, -0.2) is 24.1 Å².